The molecule has 0 fully saturated rings. The Kier molecular flexibility index (Phi) is 4.68. The van der Waals surface area contributed by atoms with E-state index in [1.165, 1.54) is 11.1 Å². The van der Waals surface area contributed by atoms with Crippen molar-refractivity contribution in [2.45, 2.75) is 19.8 Å². The number of rotatable bonds is 5. The Hall–Kier alpha value is -2.67. The predicted molar refractivity (Wildman–Crippen MR) is 95.7 cm³/mol. The highest BCUT2D eigenvalue weighted by atomic mass is 16.1. The molecule has 0 spiro atoms. The van der Waals surface area contributed by atoms with Crippen LogP contribution < -0.4 is 0 Å². The van der Waals surface area contributed by atoms with E-state index in [2.05, 4.69) is 43.3 Å². The van der Waals surface area contributed by atoms with Crippen molar-refractivity contribution in [1.82, 2.24) is 0 Å². The summed E-state index contributed by atoms with van der Waals surface area (Å²) in [7, 11) is 0. The molecule has 0 N–H and O–H groups in total. The van der Waals surface area contributed by atoms with Gasteiger partial charge in [0.1, 0.15) is 0 Å². The molecule has 0 amide bonds. The lowest BCUT2D eigenvalue weighted by molar-refractivity contribution is 0.0983. The zero-order valence-corrected chi connectivity index (χ0v) is 13.3. The largest absolute Gasteiger partial charge is 0.294 e. The topological polar surface area (TPSA) is 17.1 Å². The molecule has 1 nitrogen and oxygen atoms in total. The van der Waals surface area contributed by atoms with Crippen molar-refractivity contribution in [1.29, 1.82) is 0 Å². The Labute approximate surface area is 137 Å². The highest BCUT2D eigenvalue weighted by Gasteiger charge is 2.12. The average molecular weight is 300 g/mol. The van der Waals surface area contributed by atoms with E-state index < -0.39 is 0 Å². The molecule has 3 aromatic rings. The fraction of sp³-hybridized carbons (Fsp3) is 0.136. The molecule has 0 saturated carbocycles. The van der Waals surface area contributed by atoms with Crippen molar-refractivity contribution in [2.24, 2.45) is 0 Å². The van der Waals surface area contributed by atoms with Crippen LogP contribution in [0.2, 0.25) is 0 Å². The van der Waals surface area contributed by atoms with Crippen molar-refractivity contribution in [3.8, 4) is 11.1 Å². The van der Waals surface area contributed by atoms with Crippen molar-refractivity contribution in [3.63, 3.8) is 0 Å². The quantitative estimate of drug-likeness (QED) is 0.570. The first kappa shape index (κ1) is 15.2. The van der Waals surface area contributed by atoms with Gasteiger partial charge in [0.15, 0.2) is 5.78 Å². The van der Waals surface area contributed by atoms with E-state index >= 15 is 0 Å². The molecule has 0 bridgehead atoms. The molecule has 0 radical (unpaired) electrons. The van der Waals surface area contributed by atoms with Gasteiger partial charge in [0.2, 0.25) is 0 Å². The second kappa shape index (κ2) is 7.06. The number of hydrogen-bond acceptors (Lipinski definition) is 1. The molecule has 0 saturated heterocycles. The summed E-state index contributed by atoms with van der Waals surface area (Å²) in [5, 5.41) is 0. The number of aryl methyl sites for hydroxylation is 2. The SMILES string of the molecule is Cc1ccc(-c2ccccc2C(=O)CCc2ccccc2)cc1. The number of carbonyl (C=O) groups excluding carboxylic acids is 1. The standard InChI is InChI=1S/C22H20O/c1-17-11-14-19(15-12-17)20-9-5-6-10-21(20)22(23)16-13-18-7-3-2-4-8-18/h2-12,14-15H,13,16H2,1H3. The lowest BCUT2D eigenvalue weighted by Crippen LogP contribution is -2.03. The first-order valence-corrected chi connectivity index (χ1v) is 7.97. The van der Waals surface area contributed by atoms with Crippen LogP contribution in [-0.2, 0) is 6.42 Å². The van der Waals surface area contributed by atoms with E-state index in [4.69, 9.17) is 0 Å². The van der Waals surface area contributed by atoms with Gasteiger partial charge in [-0.1, -0.05) is 84.4 Å². The van der Waals surface area contributed by atoms with Crippen molar-refractivity contribution >= 4 is 5.78 Å². The maximum Gasteiger partial charge on any atom is 0.163 e. The van der Waals surface area contributed by atoms with Gasteiger partial charge < -0.3 is 0 Å². The van der Waals surface area contributed by atoms with E-state index in [0.717, 1.165) is 23.1 Å². The lowest BCUT2D eigenvalue weighted by atomic mass is 9.94. The predicted octanol–water partition coefficient (Wildman–Crippen LogP) is 5.48. The van der Waals surface area contributed by atoms with Crippen molar-refractivity contribution in [2.75, 3.05) is 0 Å². The molecule has 23 heavy (non-hydrogen) atoms. The van der Waals surface area contributed by atoms with Crippen LogP contribution in [0.3, 0.4) is 0 Å². The normalized spacial score (nSPS) is 10.5. The van der Waals surface area contributed by atoms with Crippen LogP contribution in [0.4, 0.5) is 0 Å². The smallest absolute Gasteiger partial charge is 0.163 e. The summed E-state index contributed by atoms with van der Waals surface area (Å²) in [6.45, 7) is 2.07. The third kappa shape index (κ3) is 3.75. The van der Waals surface area contributed by atoms with Crippen molar-refractivity contribution in [3.05, 3.63) is 95.6 Å². The summed E-state index contributed by atoms with van der Waals surface area (Å²) in [5.41, 5.74) is 5.35. The van der Waals surface area contributed by atoms with Gasteiger partial charge in [0.05, 0.1) is 0 Å². The Morgan fingerprint density at radius 2 is 1.43 bits per heavy atom. The van der Waals surface area contributed by atoms with Crippen LogP contribution in [0.15, 0.2) is 78.9 Å². The second-order valence-electron chi connectivity index (χ2n) is 5.82. The molecule has 0 atom stereocenters. The fourth-order valence-electron chi connectivity index (χ4n) is 2.75. The van der Waals surface area contributed by atoms with E-state index in [1.54, 1.807) is 0 Å². The summed E-state index contributed by atoms with van der Waals surface area (Å²) < 4.78 is 0. The van der Waals surface area contributed by atoms with Gasteiger partial charge in [-0.25, -0.2) is 0 Å². The highest BCUT2D eigenvalue weighted by molar-refractivity contribution is 6.02. The number of hydrogen-bond donors (Lipinski definition) is 0. The molecular weight excluding hydrogens is 280 g/mol. The maximum absolute atomic E-state index is 12.7. The van der Waals surface area contributed by atoms with Gasteiger partial charge in [-0.05, 0) is 30.0 Å². The number of benzene rings is 3. The summed E-state index contributed by atoms with van der Waals surface area (Å²) in [6.07, 6.45) is 1.31. The zero-order valence-electron chi connectivity index (χ0n) is 13.3. The molecule has 0 unspecified atom stereocenters. The van der Waals surface area contributed by atoms with E-state index in [1.807, 2.05) is 42.5 Å². The summed E-state index contributed by atoms with van der Waals surface area (Å²) >= 11 is 0. The molecule has 0 aliphatic carbocycles. The van der Waals surface area contributed by atoms with Crippen LogP contribution >= 0.6 is 0 Å². The Balaban J connectivity index is 1.82. The second-order valence-corrected chi connectivity index (χ2v) is 5.82. The highest BCUT2D eigenvalue weighted by Crippen LogP contribution is 2.25. The van der Waals surface area contributed by atoms with Gasteiger partial charge >= 0.3 is 0 Å². The monoisotopic (exact) mass is 300 g/mol. The minimum atomic E-state index is 0.199. The summed E-state index contributed by atoms with van der Waals surface area (Å²) in [5.74, 6) is 0.199. The zero-order chi connectivity index (χ0) is 16.1. The van der Waals surface area contributed by atoms with E-state index in [-0.39, 0.29) is 5.78 Å². The van der Waals surface area contributed by atoms with E-state index in [9.17, 15) is 4.79 Å². The first-order valence-electron chi connectivity index (χ1n) is 7.97. The Morgan fingerprint density at radius 1 is 0.783 bits per heavy atom. The fourth-order valence-corrected chi connectivity index (χ4v) is 2.75. The van der Waals surface area contributed by atoms with Gasteiger partial charge in [0.25, 0.3) is 0 Å². The molecule has 0 aromatic heterocycles. The minimum Gasteiger partial charge on any atom is -0.294 e. The molecule has 1 heteroatoms. The molecule has 3 rings (SSSR count). The number of Topliss-reactive ketones (excluding diaryl/α,β-unsaturated/α-hetero) is 1. The lowest BCUT2D eigenvalue weighted by Gasteiger charge is -2.09. The van der Waals surface area contributed by atoms with Crippen LogP contribution in [-0.4, -0.2) is 5.78 Å². The third-order valence-corrected chi connectivity index (χ3v) is 4.07. The van der Waals surface area contributed by atoms with Crippen molar-refractivity contribution < 1.29 is 4.79 Å². The molecule has 0 heterocycles. The number of ketones is 1. The van der Waals surface area contributed by atoms with E-state index in [0.29, 0.717) is 6.42 Å². The molecule has 0 aliphatic rings. The first-order chi connectivity index (χ1) is 11.2. The molecule has 3 aromatic carbocycles. The Bertz CT molecular complexity index is 786. The van der Waals surface area contributed by atoms with Crippen LogP contribution in [0.5, 0.6) is 0 Å². The maximum atomic E-state index is 12.7. The molecular formula is C22H20O. The summed E-state index contributed by atoms with van der Waals surface area (Å²) in [4.78, 5) is 12.7. The Morgan fingerprint density at radius 3 is 2.17 bits per heavy atom. The molecule has 0 aliphatic heterocycles. The van der Waals surface area contributed by atoms with Gasteiger partial charge in [-0.15, -0.1) is 0 Å². The summed E-state index contributed by atoms with van der Waals surface area (Å²) in [6, 6.07) is 26.4. The van der Waals surface area contributed by atoms with Gasteiger partial charge in [0, 0.05) is 12.0 Å². The van der Waals surface area contributed by atoms with Crippen LogP contribution in [0, 0.1) is 6.92 Å². The number of carbonyl (C=O) groups is 1. The van der Waals surface area contributed by atoms with Crippen LogP contribution in [0.25, 0.3) is 11.1 Å². The molecule has 114 valence electrons. The van der Waals surface area contributed by atoms with Gasteiger partial charge in [-0.3, -0.25) is 4.79 Å². The minimum absolute atomic E-state index is 0.199. The van der Waals surface area contributed by atoms with Gasteiger partial charge in [-0.2, -0.15) is 0 Å². The van der Waals surface area contributed by atoms with Crippen LogP contribution in [0.1, 0.15) is 27.9 Å². The average Bonchev–Trinajstić information content (AvgIpc) is 2.61. The third-order valence-electron chi connectivity index (χ3n) is 4.07.